The van der Waals surface area contributed by atoms with Crippen LogP contribution in [-0.4, -0.2) is 76.7 Å². The summed E-state index contributed by atoms with van der Waals surface area (Å²) in [5, 5.41) is 22.9. The van der Waals surface area contributed by atoms with Crippen molar-refractivity contribution >= 4 is 23.0 Å². The minimum Gasteiger partial charge on any atom is -0.394 e. The molecule has 0 radical (unpaired) electrons. The standard InChI is InChI=1S/C21H29N7O6/c1-12(2)18(31)25-21-24-17-14(19(32)26-21)23-11-28(17)20-16(15(30)13(9-29)34-20)33-8-4-3-6-27-7-5-22-10-27/h5,7,10-13,15-16,20,29-30H,3-4,6,8-9H2,1-2H3,(H2,24,25,26,31,32)/t13-,15?,16?,20-/m1/s1. The van der Waals surface area contributed by atoms with Crippen LogP contribution in [0.4, 0.5) is 5.95 Å². The number of anilines is 1. The summed E-state index contributed by atoms with van der Waals surface area (Å²) >= 11 is 0. The highest BCUT2D eigenvalue weighted by molar-refractivity contribution is 5.91. The number of fused-ring (bicyclic) bond motifs is 1. The first-order valence-corrected chi connectivity index (χ1v) is 11.2. The predicted molar refractivity (Wildman–Crippen MR) is 120 cm³/mol. The molecule has 4 N–H and O–H groups in total. The number of carbonyl (C=O) groups is 1. The topological polar surface area (TPSA) is 169 Å². The molecular formula is C21H29N7O6. The van der Waals surface area contributed by atoms with Gasteiger partial charge in [0.25, 0.3) is 5.56 Å². The molecule has 1 fully saturated rings. The second-order valence-corrected chi connectivity index (χ2v) is 8.46. The van der Waals surface area contributed by atoms with Crippen molar-refractivity contribution < 1.29 is 24.5 Å². The highest BCUT2D eigenvalue weighted by Crippen LogP contribution is 2.33. The molecule has 184 valence electrons. The highest BCUT2D eigenvalue weighted by Gasteiger charge is 2.45. The van der Waals surface area contributed by atoms with E-state index in [4.69, 9.17) is 9.47 Å². The maximum atomic E-state index is 12.5. The van der Waals surface area contributed by atoms with E-state index in [0.29, 0.717) is 6.61 Å². The molecule has 4 atom stereocenters. The Hall–Kier alpha value is -3.13. The van der Waals surface area contributed by atoms with Crippen LogP contribution in [-0.2, 0) is 20.8 Å². The number of aliphatic hydroxyl groups excluding tert-OH is 2. The van der Waals surface area contributed by atoms with E-state index in [2.05, 4.69) is 25.3 Å². The van der Waals surface area contributed by atoms with Gasteiger partial charge in [-0.1, -0.05) is 13.8 Å². The fraction of sp³-hybridized carbons (Fsp3) is 0.571. The fourth-order valence-corrected chi connectivity index (χ4v) is 3.74. The number of hydrogen-bond donors (Lipinski definition) is 4. The van der Waals surface area contributed by atoms with E-state index < -0.39 is 36.7 Å². The van der Waals surface area contributed by atoms with Crippen LogP contribution in [0.5, 0.6) is 0 Å². The summed E-state index contributed by atoms with van der Waals surface area (Å²) < 4.78 is 15.3. The van der Waals surface area contributed by atoms with Crippen LogP contribution in [0.3, 0.4) is 0 Å². The van der Waals surface area contributed by atoms with Gasteiger partial charge in [-0.2, -0.15) is 4.98 Å². The first kappa shape index (κ1) is 24.0. The average Bonchev–Trinajstić information content (AvgIpc) is 3.53. The molecule has 3 aromatic heterocycles. The third kappa shape index (κ3) is 5.01. The van der Waals surface area contributed by atoms with Gasteiger partial charge in [-0.05, 0) is 12.8 Å². The number of H-pyrrole nitrogens is 1. The number of carbonyl (C=O) groups excluding carboxylic acids is 1. The van der Waals surface area contributed by atoms with Gasteiger partial charge >= 0.3 is 0 Å². The van der Waals surface area contributed by atoms with Gasteiger partial charge in [0.15, 0.2) is 17.4 Å². The molecule has 4 heterocycles. The number of rotatable bonds is 10. The predicted octanol–water partition coefficient (Wildman–Crippen LogP) is 0.0268. The summed E-state index contributed by atoms with van der Waals surface area (Å²) in [6, 6.07) is 0. The molecule has 3 aromatic rings. The van der Waals surface area contributed by atoms with Crippen LogP contribution < -0.4 is 10.9 Å². The van der Waals surface area contributed by atoms with Crippen molar-refractivity contribution in [2.75, 3.05) is 18.5 Å². The molecule has 4 rings (SSSR count). The Labute approximate surface area is 194 Å². The summed E-state index contributed by atoms with van der Waals surface area (Å²) in [5.74, 6) is -0.637. The zero-order chi connectivity index (χ0) is 24.2. The first-order valence-electron chi connectivity index (χ1n) is 11.2. The summed E-state index contributed by atoms with van der Waals surface area (Å²) in [4.78, 5) is 39.5. The Morgan fingerprint density at radius 1 is 1.35 bits per heavy atom. The van der Waals surface area contributed by atoms with Crippen molar-refractivity contribution in [3.05, 3.63) is 35.4 Å². The first-order chi connectivity index (χ1) is 16.4. The van der Waals surface area contributed by atoms with E-state index in [1.54, 1.807) is 26.4 Å². The molecule has 0 bridgehead atoms. The van der Waals surface area contributed by atoms with E-state index in [1.807, 2.05) is 10.8 Å². The molecular weight excluding hydrogens is 446 g/mol. The maximum absolute atomic E-state index is 12.5. The molecule has 13 heteroatoms. The zero-order valence-electron chi connectivity index (χ0n) is 19.0. The van der Waals surface area contributed by atoms with Crippen LogP contribution >= 0.6 is 0 Å². The number of nitrogens with zero attached hydrogens (tertiary/aromatic N) is 5. The van der Waals surface area contributed by atoms with Crippen LogP contribution in [0.2, 0.25) is 0 Å². The lowest BCUT2D eigenvalue weighted by atomic mass is 10.1. The minimum atomic E-state index is -1.09. The number of nitrogens with one attached hydrogen (secondary N) is 2. The summed E-state index contributed by atoms with van der Waals surface area (Å²) in [6.45, 7) is 4.17. The highest BCUT2D eigenvalue weighted by atomic mass is 16.6. The summed E-state index contributed by atoms with van der Waals surface area (Å²) in [5.41, 5.74) is -0.323. The van der Waals surface area contributed by atoms with E-state index in [0.717, 1.165) is 19.4 Å². The Morgan fingerprint density at radius 3 is 2.88 bits per heavy atom. The van der Waals surface area contributed by atoms with E-state index >= 15 is 0 Å². The molecule has 2 unspecified atom stereocenters. The third-order valence-electron chi connectivity index (χ3n) is 5.65. The minimum absolute atomic E-state index is 0.0211. The second kappa shape index (κ2) is 10.4. The normalized spacial score (nSPS) is 22.6. The smallest absolute Gasteiger partial charge is 0.280 e. The van der Waals surface area contributed by atoms with Gasteiger partial charge in [-0.15, -0.1) is 0 Å². The van der Waals surface area contributed by atoms with E-state index in [9.17, 15) is 19.8 Å². The number of aryl methyl sites for hydroxylation is 1. The van der Waals surface area contributed by atoms with Crippen molar-refractivity contribution in [1.29, 1.82) is 0 Å². The lowest BCUT2D eigenvalue weighted by molar-refractivity contribution is -0.118. The molecule has 1 aliphatic rings. The fourth-order valence-electron chi connectivity index (χ4n) is 3.74. The molecule has 1 aliphatic heterocycles. The average molecular weight is 476 g/mol. The Kier molecular flexibility index (Phi) is 7.36. The Balaban J connectivity index is 1.52. The van der Waals surface area contributed by atoms with Crippen molar-refractivity contribution in [2.45, 2.75) is 57.8 Å². The number of amides is 1. The molecule has 0 aromatic carbocycles. The molecule has 13 nitrogen and oxygen atoms in total. The lowest BCUT2D eigenvalue weighted by Crippen LogP contribution is -2.35. The number of imidazole rings is 2. The molecule has 34 heavy (non-hydrogen) atoms. The SMILES string of the molecule is CC(C)C(=O)Nc1nc2c(ncn2[C@@H]2O[C@H](CO)C(O)C2OCCCCn2ccnc2)c(=O)[nH]1. The van der Waals surface area contributed by atoms with E-state index in [1.165, 1.54) is 10.9 Å². The van der Waals surface area contributed by atoms with E-state index in [-0.39, 0.29) is 28.9 Å². The molecule has 0 spiro atoms. The van der Waals surface area contributed by atoms with Crippen LogP contribution in [0.1, 0.15) is 32.9 Å². The van der Waals surface area contributed by atoms with Gasteiger partial charge in [0, 0.05) is 31.5 Å². The van der Waals surface area contributed by atoms with Crippen molar-refractivity contribution in [3.63, 3.8) is 0 Å². The number of aromatic nitrogens is 6. The number of hydrogen-bond acceptors (Lipinski definition) is 9. The van der Waals surface area contributed by atoms with Crippen molar-refractivity contribution in [1.82, 2.24) is 29.1 Å². The Bertz CT molecular complexity index is 1160. The molecule has 0 saturated carbocycles. The third-order valence-corrected chi connectivity index (χ3v) is 5.65. The van der Waals surface area contributed by atoms with Gasteiger partial charge in [0.05, 0.1) is 19.3 Å². The molecule has 0 aliphatic carbocycles. The van der Waals surface area contributed by atoms with Crippen LogP contribution in [0.15, 0.2) is 29.8 Å². The second-order valence-electron chi connectivity index (χ2n) is 8.46. The number of aromatic amines is 1. The van der Waals surface area contributed by atoms with Crippen LogP contribution in [0, 0.1) is 5.92 Å². The number of unbranched alkanes of at least 4 members (excludes halogenated alkanes) is 1. The van der Waals surface area contributed by atoms with Gasteiger partial charge in [0.2, 0.25) is 11.9 Å². The largest absolute Gasteiger partial charge is 0.394 e. The Morgan fingerprint density at radius 2 is 2.18 bits per heavy atom. The number of aliphatic hydroxyl groups is 2. The van der Waals surface area contributed by atoms with Gasteiger partial charge in [0.1, 0.15) is 18.3 Å². The summed E-state index contributed by atoms with van der Waals surface area (Å²) in [7, 11) is 0. The van der Waals surface area contributed by atoms with Gasteiger partial charge < -0.3 is 24.3 Å². The molecule has 1 amide bonds. The number of ether oxygens (including phenoxy) is 2. The zero-order valence-corrected chi connectivity index (χ0v) is 19.0. The molecule has 1 saturated heterocycles. The maximum Gasteiger partial charge on any atom is 0.280 e. The monoisotopic (exact) mass is 475 g/mol. The van der Waals surface area contributed by atoms with Crippen molar-refractivity contribution in [3.8, 4) is 0 Å². The quantitative estimate of drug-likeness (QED) is 0.295. The van der Waals surface area contributed by atoms with Gasteiger partial charge in [-0.3, -0.25) is 24.5 Å². The lowest BCUT2D eigenvalue weighted by Gasteiger charge is -2.22. The summed E-state index contributed by atoms with van der Waals surface area (Å²) in [6.07, 6.45) is 4.62. The van der Waals surface area contributed by atoms with Crippen LogP contribution in [0.25, 0.3) is 11.2 Å². The van der Waals surface area contributed by atoms with Crippen molar-refractivity contribution in [2.24, 2.45) is 5.92 Å². The van der Waals surface area contributed by atoms with Gasteiger partial charge in [-0.25, -0.2) is 9.97 Å².